The molecule has 34 heavy (non-hydrogen) atoms. The first-order chi connectivity index (χ1) is 16.2. The smallest absolute Gasteiger partial charge is 0.248 e. The molecule has 1 heterocycles. The summed E-state index contributed by atoms with van der Waals surface area (Å²) in [6.07, 6.45) is 0.599. The molecular formula is C26H25N3O3S2. The van der Waals surface area contributed by atoms with E-state index < -0.39 is 15.9 Å². The number of carbonyl (C=O) groups excluding carboxylic acids is 1. The van der Waals surface area contributed by atoms with Crippen LogP contribution in [0.15, 0.2) is 77.7 Å². The van der Waals surface area contributed by atoms with E-state index in [1.165, 1.54) is 0 Å². The molecule has 0 aliphatic rings. The molecule has 0 saturated carbocycles. The van der Waals surface area contributed by atoms with Gasteiger partial charge >= 0.3 is 0 Å². The Labute approximate surface area is 203 Å². The van der Waals surface area contributed by atoms with E-state index in [1.54, 1.807) is 29.5 Å². The van der Waals surface area contributed by atoms with Crippen molar-refractivity contribution in [2.75, 3.05) is 0 Å². The standard InChI is InChI=1S/C26H25N3O3S2/c1-17-14-21(10-13-23(17)26(27)30)25-18(2)29-24(33-25)15-19-8-11-22(12-9-19)34(31,32)28-16-20-6-4-3-5-7-20/h3-14,28H,15-16H2,1-2H3,(H2,27,30). The van der Waals surface area contributed by atoms with Crippen LogP contribution in [0.4, 0.5) is 0 Å². The van der Waals surface area contributed by atoms with E-state index in [1.807, 2.05) is 68.4 Å². The van der Waals surface area contributed by atoms with Crippen molar-refractivity contribution in [1.29, 1.82) is 0 Å². The quantitative estimate of drug-likeness (QED) is 0.376. The third-order valence-corrected chi connectivity index (χ3v) is 8.12. The van der Waals surface area contributed by atoms with Crippen LogP contribution in [0.5, 0.6) is 0 Å². The number of primary amides is 1. The predicted molar refractivity (Wildman–Crippen MR) is 135 cm³/mol. The van der Waals surface area contributed by atoms with Gasteiger partial charge in [0.25, 0.3) is 0 Å². The summed E-state index contributed by atoms with van der Waals surface area (Å²) in [4.78, 5) is 17.5. The van der Waals surface area contributed by atoms with Gasteiger partial charge in [-0.3, -0.25) is 4.79 Å². The summed E-state index contributed by atoms with van der Waals surface area (Å²) in [5.74, 6) is -0.438. The maximum Gasteiger partial charge on any atom is 0.248 e. The number of aryl methyl sites for hydroxylation is 2. The van der Waals surface area contributed by atoms with Gasteiger partial charge in [-0.05, 0) is 60.4 Å². The van der Waals surface area contributed by atoms with E-state index in [-0.39, 0.29) is 11.4 Å². The van der Waals surface area contributed by atoms with Crippen molar-refractivity contribution in [2.45, 2.75) is 31.7 Å². The molecule has 4 aromatic rings. The maximum atomic E-state index is 12.6. The summed E-state index contributed by atoms with van der Waals surface area (Å²) in [5, 5.41) is 0.932. The highest BCUT2D eigenvalue weighted by Gasteiger charge is 2.15. The summed E-state index contributed by atoms with van der Waals surface area (Å²) >= 11 is 1.59. The highest BCUT2D eigenvalue weighted by molar-refractivity contribution is 7.89. The zero-order valence-electron chi connectivity index (χ0n) is 18.9. The Kier molecular flexibility index (Phi) is 6.92. The van der Waals surface area contributed by atoms with E-state index in [9.17, 15) is 13.2 Å². The van der Waals surface area contributed by atoms with Gasteiger partial charge in [-0.2, -0.15) is 0 Å². The first-order valence-corrected chi connectivity index (χ1v) is 13.0. The molecule has 8 heteroatoms. The minimum atomic E-state index is -3.60. The summed E-state index contributed by atoms with van der Waals surface area (Å²) in [7, 11) is -3.60. The van der Waals surface area contributed by atoms with Crippen LogP contribution in [0.25, 0.3) is 10.4 Å². The Bertz CT molecular complexity index is 1430. The number of nitrogens with zero attached hydrogens (tertiary/aromatic N) is 1. The maximum absolute atomic E-state index is 12.6. The van der Waals surface area contributed by atoms with Crippen LogP contribution in [0.3, 0.4) is 0 Å². The Morgan fingerprint density at radius 3 is 2.32 bits per heavy atom. The Hall–Kier alpha value is -3.33. The average Bonchev–Trinajstić information content (AvgIpc) is 3.18. The van der Waals surface area contributed by atoms with Gasteiger partial charge in [-0.25, -0.2) is 18.1 Å². The van der Waals surface area contributed by atoms with Crippen molar-refractivity contribution in [3.8, 4) is 10.4 Å². The molecule has 1 amide bonds. The molecule has 3 N–H and O–H groups in total. The fourth-order valence-electron chi connectivity index (χ4n) is 3.70. The first kappa shape index (κ1) is 23.8. The number of sulfonamides is 1. The molecule has 0 atom stereocenters. The molecule has 6 nitrogen and oxygen atoms in total. The largest absolute Gasteiger partial charge is 0.366 e. The van der Waals surface area contributed by atoms with Gasteiger partial charge in [-0.15, -0.1) is 11.3 Å². The number of carbonyl (C=O) groups is 1. The van der Waals surface area contributed by atoms with Crippen molar-refractivity contribution in [3.05, 3.63) is 106 Å². The highest BCUT2D eigenvalue weighted by Crippen LogP contribution is 2.32. The van der Waals surface area contributed by atoms with E-state index in [4.69, 9.17) is 10.7 Å². The molecule has 0 spiro atoms. The van der Waals surface area contributed by atoms with Crippen LogP contribution < -0.4 is 10.5 Å². The predicted octanol–water partition coefficient (Wildman–Crippen LogP) is 4.60. The van der Waals surface area contributed by atoms with Gasteiger partial charge in [0.1, 0.15) is 0 Å². The molecule has 0 unspecified atom stereocenters. The minimum absolute atomic E-state index is 0.230. The van der Waals surface area contributed by atoms with Crippen LogP contribution >= 0.6 is 11.3 Å². The summed E-state index contributed by atoms with van der Waals surface area (Å²) in [6.45, 7) is 4.07. The molecule has 0 fully saturated rings. The molecule has 0 radical (unpaired) electrons. The molecule has 0 aliphatic carbocycles. The van der Waals surface area contributed by atoms with Gasteiger partial charge in [0.15, 0.2) is 0 Å². The zero-order valence-corrected chi connectivity index (χ0v) is 20.5. The fraction of sp³-hybridized carbons (Fsp3) is 0.154. The topological polar surface area (TPSA) is 102 Å². The lowest BCUT2D eigenvalue weighted by Gasteiger charge is -2.07. The minimum Gasteiger partial charge on any atom is -0.366 e. The Balaban J connectivity index is 1.47. The zero-order chi connectivity index (χ0) is 24.3. The van der Waals surface area contributed by atoms with Crippen LogP contribution in [-0.2, 0) is 23.0 Å². The van der Waals surface area contributed by atoms with Crippen molar-refractivity contribution >= 4 is 27.3 Å². The number of thiazole rings is 1. The second-order valence-corrected chi connectivity index (χ2v) is 10.9. The normalized spacial score (nSPS) is 11.5. The number of amides is 1. The summed E-state index contributed by atoms with van der Waals surface area (Å²) in [6, 6.07) is 21.9. The second kappa shape index (κ2) is 9.89. The molecule has 0 bridgehead atoms. The van der Waals surface area contributed by atoms with Crippen LogP contribution in [0, 0.1) is 13.8 Å². The lowest BCUT2D eigenvalue weighted by Crippen LogP contribution is -2.23. The number of hydrogen-bond donors (Lipinski definition) is 2. The highest BCUT2D eigenvalue weighted by atomic mass is 32.2. The van der Waals surface area contributed by atoms with Gasteiger partial charge in [0.2, 0.25) is 15.9 Å². The molecule has 1 aromatic heterocycles. The van der Waals surface area contributed by atoms with E-state index in [0.29, 0.717) is 12.0 Å². The number of hydrogen-bond acceptors (Lipinski definition) is 5. The third kappa shape index (κ3) is 5.41. The van der Waals surface area contributed by atoms with Gasteiger partial charge in [0, 0.05) is 18.5 Å². The summed E-state index contributed by atoms with van der Waals surface area (Å²) < 4.78 is 27.9. The lowest BCUT2D eigenvalue weighted by molar-refractivity contribution is 0.0999. The Morgan fingerprint density at radius 1 is 0.971 bits per heavy atom. The van der Waals surface area contributed by atoms with Crippen LogP contribution in [0.2, 0.25) is 0 Å². The lowest BCUT2D eigenvalue weighted by atomic mass is 10.0. The van der Waals surface area contributed by atoms with Crippen molar-refractivity contribution < 1.29 is 13.2 Å². The number of rotatable bonds is 8. The first-order valence-electron chi connectivity index (χ1n) is 10.7. The SMILES string of the molecule is Cc1cc(-c2sc(Cc3ccc(S(=O)(=O)NCc4ccccc4)cc3)nc2C)ccc1C(N)=O. The number of nitrogens with two attached hydrogens (primary N) is 1. The molecule has 3 aromatic carbocycles. The molecule has 0 aliphatic heterocycles. The average molecular weight is 492 g/mol. The van der Waals surface area contributed by atoms with Crippen molar-refractivity contribution in [2.24, 2.45) is 5.73 Å². The van der Waals surface area contributed by atoms with Crippen LogP contribution in [0.1, 0.15) is 37.7 Å². The van der Waals surface area contributed by atoms with Crippen molar-refractivity contribution in [3.63, 3.8) is 0 Å². The Morgan fingerprint density at radius 2 is 1.68 bits per heavy atom. The number of nitrogens with one attached hydrogen (secondary N) is 1. The molecular weight excluding hydrogens is 466 g/mol. The third-order valence-electron chi connectivity index (χ3n) is 5.49. The summed E-state index contributed by atoms with van der Waals surface area (Å²) in [5.41, 5.74) is 10.5. The van der Waals surface area contributed by atoms with E-state index in [2.05, 4.69) is 4.72 Å². The number of aromatic nitrogens is 1. The van der Waals surface area contributed by atoms with Crippen LogP contribution in [-0.4, -0.2) is 19.3 Å². The van der Waals surface area contributed by atoms with Gasteiger partial charge < -0.3 is 5.73 Å². The monoisotopic (exact) mass is 491 g/mol. The van der Waals surface area contributed by atoms with E-state index >= 15 is 0 Å². The molecule has 4 rings (SSSR count). The van der Waals surface area contributed by atoms with Gasteiger partial charge in [-0.1, -0.05) is 48.5 Å². The number of benzene rings is 3. The fourth-order valence-corrected chi connectivity index (χ4v) is 5.81. The molecule has 0 saturated heterocycles. The second-order valence-electron chi connectivity index (χ2n) is 8.05. The molecule has 174 valence electrons. The van der Waals surface area contributed by atoms with E-state index in [0.717, 1.165) is 37.8 Å². The van der Waals surface area contributed by atoms with Gasteiger partial charge in [0.05, 0.1) is 20.5 Å². The van der Waals surface area contributed by atoms with Crippen molar-refractivity contribution in [1.82, 2.24) is 9.71 Å².